The summed E-state index contributed by atoms with van der Waals surface area (Å²) < 4.78 is 19.7. The second-order valence-electron chi connectivity index (χ2n) is 7.62. The Morgan fingerprint density at radius 1 is 1.19 bits per heavy atom. The van der Waals surface area contributed by atoms with Crippen LogP contribution in [0.3, 0.4) is 0 Å². The summed E-state index contributed by atoms with van der Waals surface area (Å²) in [4.78, 5) is 27.0. The van der Waals surface area contributed by atoms with E-state index in [1.165, 1.54) is 13.2 Å². The molecule has 1 amide bonds. The van der Waals surface area contributed by atoms with Gasteiger partial charge in [-0.2, -0.15) is 0 Å². The predicted molar refractivity (Wildman–Crippen MR) is 94.3 cm³/mol. The van der Waals surface area contributed by atoms with Crippen molar-refractivity contribution >= 4 is 11.9 Å². The van der Waals surface area contributed by atoms with Crippen LogP contribution < -0.4 is 0 Å². The van der Waals surface area contributed by atoms with Crippen LogP contribution in [-0.2, 0) is 19.7 Å². The molecule has 1 aromatic carbocycles. The third kappa shape index (κ3) is 3.11. The van der Waals surface area contributed by atoms with Gasteiger partial charge >= 0.3 is 5.97 Å². The molecule has 6 heteroatoms. The van der Waals surface area contributed by atoms with E-state index in [1.807, 2.05) is 0 Å². The van der Waals surface area contributed by atoms with E-state index in [9.17, 15) is 19.1 Å². The first-order valence-corrected chi connectivity index (χ1v) is 9.22. The van der Waals surface area contributed by atoms with Crippen molar-refractivity contribution in [2.75, 3.05) is 26.8 Å². The van der Waals surface area contributed by atoms with Crippen molar-refractivity contribution in [3.63, 3.8) is 0 Å². The third-order valence-electron chi connectivity index (χ3n) is 5.99. The Balaban J connectivity index is 1.93. The van der Waals surface area contributed by atoms with E-state index < -0.39 is 16.8 Å². The van der Waals surface area contributed by atoms with Crippen LogP contribution in [0.2, 0.25) is 0 Å². The van der Waals surface area contributed by atoms with Gasteiger partial charge in [-0.25, -0.2) is 4.39 Å². The molecule has 1 aromatic rings. The summed E-state index contributed by atoms with van der Waals surface area (Å²) in [5, 5.41) is 9.73. The molecule has 3 rings (SSSR count). The van der Waals surface area contributed by atoms with Crippen molar-refractivity contribution < 1.29 is 23.8 Å². The molecule has 1 atom stereocenters. The molecule has 0 aromatic heterocycles. The van der Waals surface area contributed by atoms with Gasteiger partial charge in [-0.1, -0.05) is 31.0 Å². The van der Waals surface area contributed by atoms with Crippen LogP contribution in [-0.4, -0.2) is 48.7 Å². The number of carbonyl (C=O) groups is 2. The Kier molecular flexibility index (Phi) is 5.32. The molecule has 2 fully saturated rings. The Morgan fingerprint density at radius 3 is 2.50 bits per heavy atom. The van der Waals surface area contributed by atoms with Crippen LogP contribution in [0.25, 0.3) is 0 Å². The fourth-order valence-corrected chi connectivity index (χ4v) is 4.66. The van der Waals surface area contributed by atoms with Crippen molar-refractivity contribution in [2.24, 2.45) is 5.41 Å². The molecule has 26 heavy (non-hydrogen) atoms. The highest BCUT2D eigenvalue weighted by Gasteiger charge is 2.50. The van der Waals surface area contributed by atoms with Crippen molar-refractivity contribution in [2.45, 2.75) is 43.9 Å². The average molecular weight is 363 g/mol. The zero-order valence-electron chi connectivity index (χ0n) is 15.2. The number of carbonyl (C=O) groups excluding carboxylic acids is 1. The molecule has 1 heterocycles. The van der Waals surface area contributed by atoms with Crippen LogP contribution in [0.1, 0.15) is 44.1 Å². The summed E-state index contributed by atoms with van der Waals surface area (Å²) in [6, 6.07) is 6.47. The Bertz CT molecular complexity index is 682. The van der Waals surface area contributed by atoms with Crippen molar-refractivity contribution in [1.82, 2.24) is 4.90 Å². The number of amides is 1. The van der Waals surface area contributed by atoms with Gasteiger partial charge in [0.1, 0.15) is 11.2 Å². The van der Waals surface area contributed by atoms with Crippen LogP contribution >= 0.6 is 0 Å². The number of piperidine rings is 1. The van der Waals surface area contributed by atoms with Crippen LogP contribution in [0.5, 0.6) is 0 Å². The monoisotopic (exact) mass is 363 g/mol. The average Bonchev–Trinajstić information content (AvgIpc) is 3.12. The highest BCUT2D eigenvalue weighted by molar-refractivity contribution is 5.89. The van der Waals surface area contributed by atoms with Crippen LogP contribution in [0.4, 0.5) is 4.39 Å². The lowest BCUT2D eigenvalue weighted by Crippen LogP contribution is -2.56. The van der Waals surface area contributed by atoms with Crippen molar-refractivity contribution in [3.05, 3.63) is 35.6 Å². The van der Waals surface area contributed by atoms with Gasteiger partial charge in [0, 0.05) is 25.8 Å². The molecular formula is C20H26FNO4. The first-order valence-electron chi connectivity index (χ1n) is 9.22. The number of methoxy groups -OCH3 is 1. The van der Waals surface area contributed by atoms with E-state index in [-0.39, 0.29) is 24.9 Å². The summed E-state index contributed by atoms with van der Waals surface area (Å²) in [6.45, 7) is 0.692. The Labute approximate surface area is 153 Å². The van der Waals surface area contributed by atoms with Gasteiger partial charge in [0.05, 0.1) is 12.0 Å². The first-order chi connectivity index (χ1) is 12.4. The standard InChI is InChI=1S/C20H26FNO4/c1-26-14-19(18(24)25)9-6-12-22(13-19)17(23)20(10-4-5-11-20)15-7-2-3-8-16(15)21/h2-3,7-8H,4-6,9-14H2,1H3,(H,24,25). The summed E-state index contributed by atoms with van der Waals surface area (Å²) in [5.41, 5.74) is -1.52. The second kappa shape index (κ2) is 7.35. The number of carboxylic acids is 1. The normalized spacial score (nSPS) is 25.2. The number of nitrogens with zero attached hydrogens (tertiary/aromatic N) is 1. The number of benzene rings is 1. The Hall–Kier alpha value is -1.95. The highest BCUT2D eigenvalue weighted by Crippen LogP contribution is 2.45. The Morgan fingerprint density at radius 2 is 1.88 bits per heavy atom. The maximum absolute atomic E-state index is 14.5. The van der Waals surface area contributed by atoms with Gasteiger partial charge in [-0.3, -0.25) is 9.59 Å². The zero-order valence-corrected chi connectivity index (χ0v) is 15.2. The molecule has 0 bridgehead atoms. The fourth-order valence-electron chi connectivity index (χ4n) is 4.66. The molecule has 1 saturated carbocycles. The first kappa shape index (κ1) is 18.8. The number of aliphatic carboxylic acids is 1. The number of halogens is 1. The zero-order chi connectivity index (χ0) is 18.8. The summed E-state index contributed by atoms with van der Waals surface area (Å²) in [5.74, 6) is -1.44. The summed E-state index contributed by atoms with van der Waals surface area (Å²) in [6.07, 6.45) is 4.04. The lowest BCUT2D eigenvalue weighted by molar-refractivity contribution is -0.160. The lowest BCUT2D eigenvalue weighted by Gasteiger charge is -2.43. The van der Waals surface area contributed by atoms with Gasteiger partial charge in [0.15, 0.2) is 0 Å². The quantitative estimate of drug-likeness (QED) is 0.873. The van der Waals surface area contributed by atoms with E-state index >= 15 is 0 Å². The van der Waals surface area contributed by atoms with E-state index in [2.05, 4.69) is 0 Å². The molecule has 1 aliphatic heterocycles. The molecule has 1 unspecified atom stereocenters. The highest BCUT2D eigenvalue weighted by atomic mass is 19.1. The molecule has 1 saturated heterocycles. The molecule has 1 aliphatic carbocycles. The molecule has 2 aliphatic rings. The predicted octanol–water partition coefficient (Wildman–Crippen LogP) is 2.98. The molecular weight excluding hydrogens is 337 g/mol. The minimum absolute atomic E-state index is 0.0683. The number of carboxylic acid groups (broad SMARTS) is 1. The van der Waals surface area contributed by atoms with Gasteiger partial charge in [0.2, 0.25) is 5.91 Å². The molecule has 1 N–H and O–H groups in total. The van der Waals surface area contributed by atoms with E-state index in [0.717, 1.165) is 12.8 Å². The summed E-state index contributed by atoms with van der Waals surface area (Å²) >= 11 is 0. The largest absolute Gasteiger partial charge is 0.481 e. The van der Waals surface area contributed by atoms with Crippen molar-refractivity contribution in [1.29, 1.82) is 0 Å². The number of hydrogen-bond acceptors (Lipinski definition) is 3. The van der Waals surface area contributed by atoms with E-state index in [4.69, 9.17) is 4.74 Å². The number of hydrogen-bond donors (Lipinski definition) is 1. The number of rotatable bonds is 5. The molecule has 0 radical (unpaired) electrons. The van der Waals surface area contributed by atoms with Gasteiger partial charge in [-0.05, 0) is 31.7 Å². The smallest absolute Gasteiger partial charge is 0.313 e. The SMILES string of the molecule is COCC1(C(=O)O)CCCN(C(=O)C2(c3ccccc3F)CCCC2)C1. The van der Waals surface area contributed by atoms with Crippen LogP contribution in [0.15, 0.2) is 24.3 Å². The van der Waals surface area contributed by atoms with Gasteiger partial charge in [-0.15, -0.1) is 0 Å². The van der Waals surface area contributed by atoms with E-state index in [1.54, 1.807) is 23.1 Å². The molecule has 5 nitrogen and oxygen atoms in total. The third-order valence-corrected chi connectivity index (χ3v) is 5.99. The van der Waals surface area contributed by atoms with Gasteiger partial charge < -0.3 is 14.7 Å². The maximum Gasteiger partial charge on any atom is 0.313 e. The maximum atomic E-state index is 14.5. The lowest BCUT2D eigenvalue weighted by atomic mass is 9.75. The van der Waals surface area contributed by atoms with Gasteiger partial charge in [0.25, 0.3) is 0 Å². The summed E-state index contributed by atoms with van der Waals surface area (Å²) in [7, 11) is 1.48. The van der Waals surface area contributed by atoms with E-state index in [0.29, 0.717) is 37.8 Å². The number of likely N-dealkylation sites (tertiary alicyclic amines) is 1. The topological polar surface area (TPSA) is 66.8 Å². The molecule has 142 valence electrons. The van der Waals surface area contributed by atoms with Crippen molar-refractivity contribution in [3.8, 4) is 0 Å². The molecule has 0 spiro atoms. The number of ether oxygens (including phenoxy) is 1. The fraction of sp³-hybridized carbons (Fsp3) is 0.600. The minimum Gasteiger partial charge on any atom is -0.481 e. The second-order valence-corrected chi connectivity index (χ2v) is 7.62. The van der Waals surface area contributed by atoms with Crippen LogP contribution in [0, 0.1) is 11.2 Å². The minimum atomic E-state index is -1.09.